The molecule has 6 nitrogen and oxygen atoms in total. The molecule has 0 saturated carbocycles. The van der Waals surface area contributed by atoms with Crippen molar-refractivity contribution in [2.24, 2.45) is 0 Å². The Morgan fingerprint density at radius 1 is 1.30 bits per heavy atom. The van der Waals surface area contributed by atoms with Gasteiger partial charge in [-0.2, -0.15) is 0 Å². The largest absolute Gasteiger partial charge is 0.392 e. The number of carbonyl (C=O) groups excluding carboxylic acids is 1. The van der Waals surface area contributed by atoms with E-state index in [9.17, 15) is 9.90 Å². The first-order chi connectivity index (χ1) is 11.1. The average molecular weight is 311 g/mol. The van der Waals surface area contributed by atoms with Crippen LogP contribution in [0.4, 0.5) is 0 Å². The summed E-state index contributed by atoms with van der Waals surface area (Å²) in [6.07, 6.45) is 1.70. The molecule has 0 radical (unpaired) electrons. The fourth-order valence-corrected chi connectivity index (χ4v) is 2.42. The predicted octanol–water partition coefficient (Wildman–Crippen LogP) is 2.15. The molecule has 0 aliphatic carbocycles. The number of carbonyl (C=O) groups is 1. The fourth-order valence-electron chi connectivity index (χ4n) is 2.42. The van der Waals surface area contributed by atoms with Crippen molar-refractivity contribution in [2.75, 3.05) is 14.2 Å². The van der Waals surface area contributed by atoms with Crippen LogP contribution in [-0.4, -0.2) is 39.8 Å². The Morgan fingerprint density at radius 2 is 2.13 bits per heavy atom. The van der Waals surface area contributed by atoms with E-state index in [0.29, 0.717) is 5.56 Å². The summed E-state index contributed by atoms with van der Waals surface area (Å²) in [5.74, 6) is -0.230. The molecule has 0 fully saturated rings. The van der Waals surface area contributed by atoms with Gasteiger partial charge >= 0.3 is 0 Å². The molecule has 0 spiro atoms. The van der Waals surface area contributed by atoms with Gasteiger partial charge in [-0.05, 0) is 35.9 Å². The predicted molar refractivity (Wildman–Crippen MR) is 86.1 cm³/mol. The lowest BCUT2D eigenvalue weighted by molar-refractivity contribution is -0.0756. The number of hydrogen-bond donors (Lipinski definition) is 1. The average Bonchev–Trinajstić information content (AvgIpc) is 3.03. The number of rotatable bonds is 4. The highest BCUT2D eigenvalue weighted by Gasteiger charge is 2.14. The molecule has 0 aliphatic heterocycles. The number of hydroxylamine groups is 2. The van der Waals surface area contributed by atoms with Crippen LogP contribution in [0.3, 0.4) is 0 Å². The van der Waals surface area contributed by atoms with Crippen LogP contribution in [0.15, 0.2) is 48.8 Å². The quantitative estimate of drug-likeness (QED) is 0.750. The van der Waals surface area contributed by atoms with Crippen molar-refractivity contribution >= 4 is 16.9 Å². The zero-order valence-electron chi connectivity index (χ0n) is 12.9. The number of imidazole rings is 1. The molecular weight excluding hydrogens is 294 g/mol. The normalized spacial score (nSPS) is 10.9. The van der Waals surface area contributed by atoms with Gasteiger partial charge in [0.2, 0.25) is 0 Å². The maximum atomic E-state index is 12.2. The van der Waals surface area contributed by atoms with Crippen molar-refractivity contribution < 1.29 is 14.7 Å². The maximum Gasteiger partial charge on any atom is 0.277 e. The van der Waals surface area contributed by atoms with Gasteiger partial charge in [0.25, 0.3) is 5.91 Å². The van der Waals surface area contributed by atoms with Crippen LogP contribution in [0, 0.1) is 0 Å². The van der Waals surface area contributed by atoms with Crippen molar-refractivity contribution in [1.82, 2.24) is 14.6 Å². The Kier molecular flexibility index (Phi) is 4.10. The van der Waals surface area contributed by atoms with Crippen molar-refractivity contribution in [3.8, 4) is 5.69 Å². The SMILES string of the molecule is CON(C)C(=O)c1ccc2ncn(-c3cccc(CO)c3)c2c1. The first kappa shape index (κ1) is 15.2. The summed E-state index contributed by atoms with van der Waals surface area (Å²) in [7, 11) is 3.01. The highest BCUT2D eigenvalue weighted by Crippen LogP contribution is 2.21. The molecule has 1 heterocycles. The number of fused-ring (bicyclic) bond motifs is 1. The minimum atomic E-state index is -0.230. The highest BCUT2D eigenvalue weighted by atomic mass is 16.7. The summed E-state index contributed by atoms with van der Waals surface area (Å²) >= 11 is 0. The Hall–Kier alpha value is -2.70. The van der Waals surface area contributed by atoms with Crippen LogP contribution in [-0.2, 0) is 11.4 Å². The second-order valence-corrected chi connectivity index (χ2v) is 5.13. The minimum Gasteiger partial charge on any atom is -0.392 e. The Balaban J connectivity index is 2.10. The molecule has 23 heavy (non-hydrogen) atoms. The van der Waals surface area contributed by atoms with Gasteiger partial charge in [-0.25, -0.2) is 10.0 Å². The molecule has 0 bridgehead atoms. The van der Waals surface area contributed by atoms with Crippen LogP contribution in [0.2, 0.25) is 0 Å². The van der Waals surface area contributed by atoms with Gasteiger partial charge in [0.15, 0.2) is 0 Å². The lowest BCUT2D eigenvalue weighted by Crippen LogP contribution is -2.25. The summed E-state index contributed by atoms with van der Waals surface area (Å²) < 4.78 is 1.89. The van der Waals surface area contributed by atoms with Crippen LogP contribution in [0.25, 0.3) is 16.7 Å². The number of aliphatic hydroxyl groups excluding tert-OH is 1. The van der Waals surface area contributed by atoms with E-state index in [1.165, 1.54) is 12.2 Å². The molecule has 1 amide bonds. The van der Waals surface area contributed by atoms with E-state index < -0.39 is 0 Å². The topological polar surface area (TPSA) is 67.6 Å². The second kappa shape index (κ2) is 6.20. The highest BCUT2D eigenvalue weighted by molar-refractivity contribution is 5.97. The molecule has 3 rings (SSSR count). The zero-order valence-corrected chi connectivity index (χ0v) is 12.9. The number of benzene rings is 2. The van der Waals surface area contributed by atoms with Crippen LogP contribution < -0.4 is 0 Å². The molecule has 1 N–H and O–H groups in total. The standard InChI is InChI=1S/C17H17N3O3/c1-19(23-2)17(22)13-6-7-15-16(9-13)20(11-18-15)14-5-3-4-12(8-14)10-21/h3-9,11,21H,10H2,1-2H3. The van der Waals surface area contributed by atoms with Gasteiger partial charge in [-0.3, -0.25) is 14.2 Å². The third-order valence-electron chi connectivity index (χ3n) is 3.73. The minimum absolute atomic E-state index is 0.0250. The first-order valence-corrected chi connectivity index (χ1v) is 7.13. The van der Waals surface area contributed by atoms with Crippen molar-refractivity contribution in [1.29, 1.82) is 0 Å². The molecule has 0 saturated heterocycles. The summed E-state index contributed by atoms with van der Waals surface area (Å²) in [5, 5.41) is 10.5. The third-order valence-corrected chi connectivity index (χ3v) is 3.73. The lowest BCUT2D eigenvalue weighted by Gasteiger charge is -2.13. The summed E-state index contributed by atoms with van der Waals surface area (Å²) in [6.45, 7) is -0.0250. The zero-order chi connectivity index (χ0) is 16.4. The van der Waals surface area contributed by atoms with E-state index in [0.717, 1.165) is 22.3 Å². The van der Waals surface area contributed by atoms with Gasteiger partial charge in [0.1, 0.15) is 6.33 Å². The molecule has 0 aliphatic rings. The molecule has 2 aromatic carbocycles. The second-order valence-electron chi connectivity index (χ2n) is 5.13. The molecule has 0 atom stereocenters. The number of amides is 1. The summed E-state index contributed by atoms with van der Waals surface area (Å²) in [5.41, 5.74) is 3.81. The maximum absolute atomic E-state index is 12.2. The molecule has 1 aromatic heterocycles. The summed E-state index contributed by atoms with van der Waals surface area (Å²) in [6, 6.07) is 12.9. The molecule has 118 valence electrons. The molecule has 3 aromatic rings. The Morgan fingerprint density at radius 3 is 2.87 bits per heavy atom. The third kappa shape index (κ3) is 2.81. The van der Waals surface area contributed by atoms with Crippen molar-refractivity contribution in [2.45, 2.75) is 6.61 Å². The van der Waals surface area contributed by atoms with E-state index in [4.69, 9.17) is 4.84 Å². The summed E-state index contributed by atoms with van der Waals surface area (Å²) in [4.78, 5) is 21.5. The van der Waals surface area contributed by atoms with Gasteiger partial charge in [0.05, 0.1) is 24.8 Å². The fraction of sp³-hybridized carbons (Fsp3) is 0.176. The number of nitrogens with zero attached hydrogens (tertiary/aromatic N) is 3. The van der Waals surface area contributed by atoms with E-state index in [-0.39, 0.29) is 12.5 Å². The Bertz CT molecular complexity index is 857. The number of hydrogen-bond acceptors (Lipinski definition) is 4. The van der Waals surface area contributed by atoms with Crippen molar-refractivity contribution in [3.63, 3.8) is 0 Å². The van der Waals surface area contributed by atoms with Crippen LogP contribution in [0.5, 0.6) is 0 Å². The van der Waals surface area contributed by atoms with Gasteiger partial charge in [-0.15, -0.1) is 0 Å². The van der Waals surface area contributed by atoms with E-state index >= 15 is 0 Å². The monoisotopic (exact) mass is 311 g/mol. The smallest absolute Gasteiger partial charge is 0.277 e. The van der Waals surface area contributed by atoms with E-state index in [1.54, 1.807) is 31.6 Å². The van der Waals surface area contributed by atoms with Gasteiger partial charge in [-0.1, -0.05) is 12.1 Å². The first-order valence-electron chi connectivity index (χ1n) is 7.13. The van der Waals surface area contributed by atoms with E-state index in [1.807, 2.05) is 28.8 Å². The van der Waals surface area contributed by atoms with Crippen LogP contribution in [0.1, 0.15) is 15.9 Å². The molecule has 6 heteroatoms. The molecular formula is C17H17N3O3. The van der Waals surface area contributed by atoms with Gasteiger partial charge in [0, 0.05) is 18.3 Å². The Labute approximate surface area is 133 Å². The van der Waals surface area contributed by atoms with Gasteiger partial charge < -0.3 is 5.11 Å². The van der Waals surface area contributed by atoms with Crippen LogP contribution >= 0.6 is 0 Å². The van der Waals surface area contributed by atoms with E-state index in [2.05, 4.69) is 4.98 Å². The lowest BCUT2D eigenvalue weighted by atomic mass is 10.1. The van der Waals surface area contributed by atoms with Crippen molar-refractivity contribution in [3.05, 3.63) is 59.9 Å². The molecule has 0 unspecified atom stereocenters. The number of aromatic nitrogens is 2. The number of aliphatic hydroxyl groups is 1.